The third-order valence-corrected chi connectivity index (χ3v) is 6.59. The molecule has 0 radical (unpaired) electrons. The molecule has 1 N–H and O–H groups in total. The molecule has 2 aromatic carbocycles. The van der Waals surface area contributed by atoms with Crippen molar-refractivity contribution in [2.24, 2.45) is 0 Å². The summed E-state index contributed by atoms with van der Waals surface area (Å²) in [5.74, 6) is -0.664. The number of benzene rings is 2. The third-order valence-electron chi connectivity index (χ3n) is 4.45. The first-order valence-corrected chi connectivity index (χ1v) is 10.9. The van der Waals surface area contributed by atoms with Gasteiger partial charge in [-0.05, 0) is 43.3 Å². The van der Waals surface area contributed by atoms with Crippen molar-refractivity contribution in [3.63, 3.8) is 0 Å². The van der Waals surface area contributed by atoms with Gasteiger partial charge in [0, 0.05) is 20.2 Å². The van der Waals surface area contributed by atoms with Gasteiger partial charge in [-0.3, -0.25) is 4.79 Å². The fourth-order valence-electron chi connectivity index (χ4n) is 2.83. The predicted molar refractivity (Wildman–Crippen MR) is 114 cm³/mol. The van der Waals surface area contributed by atoms with Gasteiger partial charge in [0.1, 0.15) is 5.82 Å². The number of hydrogen-bond donors (Lipinski definition) is 1. The van der Waals surface area contributed by atoms with Crippen LogP contribution in [0.15, 0.2) is 53.4 Å². The first-order chi connectivity index (χ1) is 14.8. The van der Waals surface area contributed by atoms with Crippen LogP contribution in [0, 0.1) is 6.92 Å². The van der Waals surface area contributed by atoms with Gasteiger partial charge in [0.25, 0.3) is 5.91 Å². The molecule has 1 amide bonds. The molecule has 0 unspecified atom stereocenters. The Morgan fingerprint density at radius 2 is 1.81 bits per heavy atom. The predicted octanol–water partition coefficient (Wildman–Crippen LogP) is 4.36. The number of anilines is 1. The van der Waals surface area contributed by atoms with Gasteiger partial charge in [0.2, 0.25) is 10.0 Å². The molecule has 1 heterocycles. The summed E-state index contributed by atoms with van der Waals surface area (Å²) in [6.45, 7) is 1.61. The fraction of sp³-hybridized carbons (Fsp3) is 0.200. The third kappa shape index (κ3) is 4.79. The molecule has 0 fully saturated rings. The molecular formula is C20H18ClF3N4O3S. The lowest BCUT2D eigenvalue weighted by Gasteiger charge is -2.14. The molecule has 1 aromatic heterocycles. The van der Waals surface area contributed by atoms with Gasteiger partial charge >= 0.3 is 6.18 Å². The van der Waals surface area contributed by atoms with E-state index in [1.165, 1.54) is 44.4 Å². The molecule has 0 saturated heterocycles. The minimum atomic E-state index is -4.55. The number of amides is 1. The lowest BCUT2D eigenvalue weighted by molar-refractivity contribution is -0.137. The zero-order valence-electron chi connectivity index (χ0n) is 17.1. The topological polar surface area (TPSA) is 84.3 Å². The number of carbonyl (C=O) groups excluding carboxylic acids is 1. The van der Waals surface area contributed by atoms with Crippen LogP contribution in [0.25, 0.3) is 5.69 Å². The van der Waals surface area contributed by atoms with E-state index in [4.69, 9.17) is 11.6 Å². The standard InChI is InChI=1S/C20H18ClF3N4O3S/c1-12-9-18(28(26-12)14-6-4-5-13(10-14)20(22,23)24)25-19(29)16-11-15(7-8-17(16)21)32(30,31)27(2)3/h4-11H,1-3H3,(H,25,29). The van der Waals surface area contributed by atoms with Crippen LogP contribution in [0.3, 0.4) is 0 Å². The minimum absolute atomic E-state index is 0.00191. The summed E-state index contributed by atoms with van der Waals surface area (Å²) in [4.78, 5) is 12.7. The number of carbonyl (C=O) groups is 1. The second-order valence-corrected chi connectivity index (χ2v) is 9.57. The number of aryl methyl sites for hydroxylation is 1. The normalized spacial score (nSPS) is 12.2. The molecule has 0 aliphatic heterocycles. The SMILES string of the molecule is Cc1cc(NC(=O)c2cc(S(=O)(=O)N(C)C)ccc2Cl)n(-c2cccc(C(F)(F)F)c2)n1. The van der Waals surface area contributed by atoms with Crippen molar-refractivity contribution in [3.05, 3.63) is 70.4 Å². The maximum Gasteiger partial charge on any atom is 0.416 e. The number of hydrogen-bond acceptors (Lipinski definition) is 4. The number of alkyl halides is 3. The zero-order chi connectivity index (χ0) is 23.8. The van der Waals surface area contributed by atoms with Gasteiger partial charge in [0.15, 0.2) is 0 Å². The molecule has 32 heavy (non-hydrogen) atoms. The molecule has 7 nitrogen and oxygen atoms in total. The molecule has 0 aliphatic rings. The van der Waals surface area contributed by atoms with E-state index < -0.39 is 27.7 Å². The Hall–Kier alpha value is -2.89. The Balaban J connectivity index is 1.99. The van der Waals surface area contributed by atoms with Crippen molar-refractivity contribution in [2.75, 3.05) is 19.4 Å². The van der Waals surface area contributed by atoms with Crippen molar-refractivity contribution in [3.8, 4) is 5.69 Å². The quantitative estimate of drug-likeness (QED) is 0.581. The maximum absolute atomic E-state index is 13.1. The molecule has 0 atom stereocenters. The second-order valence-electron chi connectivity index (χ2n) is 7.01. The number of aromatic nitrogens is 2. The number of halogens is 4. The van der Waals surface area contributed by atoms with E-state index in [2.05, 4.69) is 10.4 Å². The molecule has 3 rings (SSSR count). The summed E-state index contributed by atoms with van der Waals surface area (Å²) in [6, 6.07) is 9.61. The first kappa shape index (κ1) is 23.8. The van der Waals surface area contributed by atoms with Gasteiger partial charge in [-0.15, -0.1) is 0 Å². The van der Waals surface area contributed by atoms with Crippen LogP contribution >= 0.6 is 11.6 Å². The number of sulfonamides is 1. The smallest absolute Gasteiger partial charge is 0.306 e. The molecule has 0 saturated carbocycles. The van der Waals surface area contributed by atoms with Gasteiger partial charge in [-0.25, -0.2) is 17.4 Å². The van der Waals surface area contributed by atoms with Gasteiger partial charge < -0.3 is 5.32 Å². The fourth-order valence-corrected chi connectivity index (χ4v) is 3.96. The summed E-state index contributed by atoms with van der Waals surface area (Å²) < 4.78 is 66.2. The monoisotopic (exact) mass is 486 g/mol. The van der Waals surface area contributed by atoms with Crippen molar-refractivity contribution >= 4 is 33.3 Å². The summed E-state index contributed by atoms with van der Waals surface area (Å²) in [7, 11) is -1.12. The molecule has 0 aliphatic carbocycles. The van der Waals surface area contributed by atoms with E-state index in [0.29, 0.717) is 5.69 Å². The van der Waals surface area contributed by atoms with Crippen LogP contribution < -0.4 is 5.32 Å². The van der Waals surface area contributed by atoms with E-state index in [1.807, 2.05) is 0 Å². The lowest BCUT2D eigenvalue weighted by Crippen LogP contribution is -2.23. The van der Waals surface area contributed by atoms with Gasteiger partial charge in [-0.2, -0.15) is 18.3 Å². The van der Waals surface area contributed by atoms with Crippen molar-refractivity contribution < 1.29 is 26.4 Å². The second kappa shape index (κ2) is 8.57. The summed E-state index contributed by atoms with van der Waals surface area (Å²) in [5, 5.41) is 6.69. The number of rotatable bonds is 5. The van der Waals surface area contributed by atoms with Gasteiger partial charge in [-0.1, -0.05) is 17.7 Å². The van der Waals surface area contributed by atoms with Crippen molar-refractivity contribution in [1.82, 2.24) is 14.1 Å². The average molecular weight is 487 g/mol. The highest BCUT2D eigenvalue weighted by molar-refractivity contribution is 7.89. The van der Waals surface area contributed by atoms with Crippen LogP contribution in [-0.2, 0) is 16.2 Å². The van der Waals surface area contributed by atoms with Crippen LogP contribution in [0.2, 0.25) is 5.02 Å². The largest absolute Gasteiger partial charge is 0.416 e. The van der Waals surface area contributed by atoms with Crippen LogP contribution in [0.4, 0.5) is 19.0 Å². The first-order valence-electron chi connectivity index (χ1n) is 9.08. The van der Waals surface area contributed by atoms with Crippen LogP contribution in [0.1, 0.15) is 21.6 Å². The van der Waals surface area contributed by atoms with E-state index in [9.17, 15) is 26.4 Å². The highest BCUT2D eigenvalue weighted by Gasteiger charge is 2.31. The van der Waals surface area contributed by atoms with E-state index in [1.54, 1.807) is 6.92 Å². The van der Waals surface area contributed by atoms with E-state index in [0.717, 1.165) is 27.2 Å². The molecule has 12 heteroatoms. The van der Waals surface area contributed by atoms with Crippen molar-refractivity contribution in [1.29, 1.82) is 0 Å². The molecular weight excluding hydrogens is 469 g/mol. The van der Waals surface area contributed by atoms with Gasteiger partial charge in [0.05, 0.1) is 32.4 Å². The summed E-state index contributed by atoms with van der Waals surface area (Å²) in [5.41, 5.74) is -0.472. The Kier molecular flexibility index (Phi) is 6.36. The van der Waals surface area contributed by atoms with E-state index in [-0.39, 0.29) is 27.0 Å². The molecule has 0 spiro atoms. The molecule has 170 valence electrons. The van der Waals surface area contributed by atoms with E-state index >= 15 is 0 Å². The Morgan fingerprint density at radius 1 is 1.12 bits per heavy atom. The Labute approximate surface area is 187 Å². The van der Waals surface area contributed by atoms with Crippen molar-refractivity contribution in [2.45, 2.75) is 18.0 Å². The number of nitrogens with one attached hydrogen (secondary N) is 1. The average Bonchev–Trinajstić information content (AvgIpc) is 3.07. The Bertz CT molecular complexity index is 1290. The lowest BCUT2D eigenvalue weighted by atomic mass is 10.2. The molecule has 0 bridgehead atoms. The zero-order valence-corrected chi connectivity index (χ0v) is 18.7. The number of nitrogens with zero attached hydrogens (tertiary/aromatic N) is 3. The molecule has 3 aromatic rings. The van der Waals surface area contributed by atoms with Crippen LogP contribution in [0.5, 0.6) is 0 Å². The minimum Gasteiger partial charge on any atom is -0.306 e. The summed E-state index contributed by atoms with van der Waals surface area (Å²) >= 11 is 6.10. The highest BCUT2D eigenvalue weighted by atomic mass is 35.5. The maximum atomic E-state index is 13.1. The highest BCUT2D eigenvalue weighted by Crippen LogP contribution is 2.31. The summed E-state index contributed by atoms with van der Waals surface area (Å²) in [6.07, 6.45) is -4.55. The van der Waals surface area contributed by atoms with Crippen LogP contribution in [-0.4, -0.2) is 42.5 Å². The Morgan fingerprint density at radius 3 is 2.44 bits per heavy atom.